The molecule has 1 amide bonds. The summed E-state index contributed by atoms with van der Waals surface area (Å²) in [5.74, 6) is -0.282. The first-order valence-corrected chi connectivity index (χ1v) is 15.3. The van der Waals surface area contributed by atoms with Crippen LogP contribution >= 0.6 is 34.3 Å². The van der Waals surface area contributed by atoms with Crippen LogP contribution in [0, 0.1) is 5.92 Å². The summed E-state index contributed by atoms with van der Waals surface area (Å²) < 4.78 is 29.2. The van der Waals surface area contributed by atoms with Crippen LogP contribution in [0.15, 0.2) is 64.9 Å². The summed E-state index contributed by atoms with van der Waals surface area (Å²) in [6.45, 7) is 3.14. The zero-order chi connectivity index (χ0) is 25.3. The van der Waals surface area contributed by atoms with Gasteiger partial charge in [-0.05, 0) is 54.7 Å². The molecule has 0 radical (unpaired) electrons. The van der Waals surface area contributed by atoms with Gasteiger partial charge in [0.1, 0.15) is 4.21 Å². The number of rotatable bonds is 7. The van der Waals surface area contributed by atoms with Gasteiger partial charge in [-0.25, -0.2) is 13.4 Å². The topological polar surface area (TPSA) is 70.6 Å². The SMILES string of the molecule is CCc1ccc2nc(N(Cc3ccccc3)C(=O)C3CCN(S(=O)(=O)c4ccc(Cl)s4)CC3)sc2c1. The maximum atomic E-state index is 13.8. The van der Waals surface area contributed by atoms with Crippen molar-refractivity contribution in [2.75, 3.05) is 18.0 Å². The number of hydrogen-bond acceptors (Lipinski definition) is 6. The van der Waals surface area contributed by atoms with Gasteiger partial charge in [-0.3, -0.25) is 9.69 Å². The van der Waals surface area contributed by atoms with Crippen molar-refractivity contribution >= 4 is 65.6 Å². The Balaban J connectivity index is 1.38. The minimum absolute atomic E-state index is 0.00941. The first-order chi connectivity index (χ1) is 17.3. The van der Waals surface area contributed by atoms with Gasteiger partial charge < -0.3 is 0 Å². The van der Waals surface area contributed by atoms with Crippen molar-refractivity contribution in [1.82, 2.24) is 9.29 Å². The molecule has 0 N–H and O–H groups in total. The fraction of sp³-hybridized carbons (Fsp3) is 0.308. The van der Waals surface area contributed by atoms with Crippen LogP contribution < -0.4 is 4.90 Å². The number of fused-ring (bicyclic) bond motifs is 1. The Bertz CT molecular complexity index is 1480. The molecule has 0 atom stereocenters. The molecule has 188 valence electrons. The third kappa shape index (κ3) is 5.21. The van der Waals surface area contributed by atoms with Gasteiger partial charge in [0, 0.05) is 19.0 Å². The van der Waals surface area contributed by atoms with Crippen LogP contribution in [0.5, 0.6) is 0 Å². The van der Waals surface area contributed by atoms with Gasteiger partial charge in [0.25, 0.3) is 10.0 Å². The third-order valence-corrected chi connectivity index (χ3v) is 11.1. The number of amides is 1. The Morgan fingerprint density at radius 3 is 2.47 bits per heavy atom. The second-order valence-corrected chi connectivity index (χ2v) is 13.7. The standard InChI is InChI=1S/C26H26ClN3O3S3/c1-2-18-8-9-21-22(16-18)34-26(28-21)30(17-19-6-4-3-5-7-19)25(31)20-12-14-29(15-13-20)36(32,33)24-11-10-23(27)35-24/h3-11,16,20H,2,12-15,17H2,1H3. The Morgan fingerprint density at radius 1 is 1.06 bits per heavy atom. The Kier molecular flexibility index (Phi) is 7.46. The number of aryl methyl sites for hydroxylation is 1. The lowest BCUT2D eigenvalue weighted by molar-refractivity contribution is -0.123. The highest BCUT2D eigenvalue weighted by molar-refractivity contribution is 7.91. The number of aromatic nitrogens is 1. The number of benzene rings is 2. The molecule has 2 aromatic heterocycles. The van der Waals surface area contributed by atoms with Crippen molar-refractivity contribution in [3.8, 4) is 0 Å². The van der Waals surface area contributed by atoms with Crippen molar-refractivity contribution in [3.05, 3.63) is 76.1 Å². The molecule has 2 aromatic carbocycles. The Hall–Kier alpha value is -2.30. The number of halogens is 1. The van der Waals surface area contributed by atoms with E-state index in [1.165, 1.54) is 27.3 Å². The fourth-order valence-electron chi connectivity index (χ4n) is 4.43. The Labute approximate surface area is 224 Å². The van der Waals surface area contributed by atoms with Crippen LogP contribution in [0.2, 0.25) is 4.34 Å². The van der Waals surface area contributed by atoms with E-state index < -0.39 is 10.0 Å². The molecule has 1 aliphatic heterocycles. The first-order valence-electron chi connectivity index (χ1n) is 11.9. The number of carbonyl (C=O) groups excluding carboxylic acids is 1. The van der Waals surface area contributed by atoms with Gasteiger partial charge in [-0.1, -0.05) is 66.3 Å². The number of sulfonamides is 1. The lowest BCUT2D eigenvalue weighted by atomic mass is 9.96. The van der Waals surface area contributed by atoms with E-state index in [-0.39, 0.29) is 16.0 Å². The molecule has 0 aliphatic carbocycles. The number of thiazole rings is 1. The van der Waals surface area contributed by atoms with Crippen LogP contribution in [0.25, 0.3) is 10.2 Å². The highest BCUT2D eigenvalue weighted by Gasteiger charge is 2.35. The first kappa shape index (κ1) is 25.4. The summed E-state index contributed by atoms with van der Waals surface area (Å²) in [6, 6.07) is 19.3. The van der Waals surface area contributed by atoms with Crippen LogP contribution in [-0.4, -0.2) is 36.7 Å². The molecule has 4 aromatic rings. The average molecular weight is 560 g/mol. The summed E-state index contributed by atoms with van der Waals surface area (Å²) >= 11 is 8.54. The normalized spacial score (nSPS) is 15.4. The van der Waals surface area contributed by atoms with Gasteiger partial charge in [0.15, 0.2) is 5.13 Å². The monoisotopic (exact) mass is 559 g/mol. The molecule has 1 fully saturated rings. The molecule has 1 saturated heterocycles. The maximum absolute atomic E-state index is 13.8. The van der Waals surface area contributed by atoms with Gasteiger partial charge in [0.05, 0.1) is 21.1 Å². The molecule has 0 unspecified atom stereocenters. The van der Waals surface area contributed by atoms with Gasteiger partial charge in [-0.15, -0.1) is 11.3 Å². The van der Waals surface area contributed by atoms with E-state index in [1.807, 2.05) is 36.4 Å². The number of hydrogen-bond donors (Lipinski definition) is 0. The van der Waals surface area contributed by atoms with E-state index in [9.17, 15) is 13.2 Å². The zero-order valence-corrected chi connectivity index (χ0v) is 23.0. The lowest BCUT2D eigenvalue weighted by Gasteiger charge is -2.32. The summed E-state index contributed by atoms with van der Waals surface area (Å²) in [5, 5.41) is 0.676. The van der Waals surface area contributed by atoms with Crippen molar-refractivity contribution in [3.63, 3.8) is 0 Å². The molecule has 0 spiro atoms. The largest absolute Gasteiger partial charge is 0.283 e. The molecule has 10 heteroatoms. The molecule has 3 heterocycles. The molecule has 0 saturated carbocycles. The number of piperidine rings is 1. The van der Waals surface area contributed by atoms with Gasteiger partial charge in [0.2, 0.25) is 5.91 Å². The van der Waals surface area contributed by atoms with Crippen molar-refractivity contribution in [1.29, 1.82) is 0 Å². The number of anilines is 1. The molecular formula is C26H26ClN3O3S3. The predicted octanol–water partition coefficient (Wildman–Crippen LogP) is 6.21. The van der Waals surface area contributed by atoms with E-state index >= 15 is 0 Å². The highest BCUT2D eigenvalue weighted by Crippen LogP contribution is 2.34. The van der Waals surface area contributed by atoms with Crippen molar-refractivity contribution in [2.24, 2.45) is 5.92 Å². The molecule has 0 bridgehead atoms. The van der Waals surface area contributed by atoms with E-state index in [2.05, 4.69) is 19.1 Å². The number of carbonyl (C=O) groups is 1. The molecule has 5 rings (SSSR count). The molecule has 36 heavy (non-hydrogen) atoms. The highest BCUT2D eigenvalue weighted by atomic mass is 35.5. The quantitative estimate of drug-likeness (QED) is 0.270. The van der Waals surface area contributed by atoms with Crippen molar-refractivity contribution in [2.45, 2.75) is 36.9 Å². The van der Waals surface area contributed by atoms with Crippen LogP contribution in [0.1, 0.15) is 30.9 Å². The summed E-state index contributed by atoms with van der Waals surface area (Å²) in [6.07, 6.45) is 1.87. The van der Waals surface area contributed by atoms with Gasteiger partial charge in [-0.2, -0.15) is 4.31 Å². The van der Waals surface area contributed by atoms with Crippen LogP contribution in [0.3, 0.4) is 0 Å². The van der Waals surface area contributed by atoms with E-state index in [0.717, 1.165) is 33.5 Å². The van der Waals surface area contributed by atoms with Crippen molar-refractivity contribution < 1.29 is 13.2 Å². The number of nitrogens with zero attached hydrogens (tertiary/aromatic N) is 3. The predicted molar refractivity (Wildman–Crippen MR) is 147 cm³/mol. The average Bonchev–Trinajstić information content (AvgIpc) is 3.53. The summed E-state index contributed by atoms with van der Waals surface area (Å²) in [7, 11) is -3.60. The smallest absolute Gasteiger partial charge is 0.252 e. The van der Waals surface area contributed by atoms with E-state index in [0.29, 0.717) is 41.9 Å². The molecular weight excluding hydrogens is 534 g/mol. The molecule has 6 nitrogen and oxygen atoms in total. The van der Waals surface area contributed by atoms with E-state index in [4.69, 9.17) is 16.6 Å². The number of thiophene rings is 1. The van der Waals surface area contributed by atoms with E-state index in [1.54, 1.807) is 11.0 Å². The Morgan fingerprint density at radius 2 is 1.81 bits per heavy atom. The lowest BCUT2D eigenvalue weighted by Crippen LogP contribution is -2.44. The second kappa shape index (κ2) is 10.6. The second-order valence-electron chi connectivity index (χ2n) is 8.80. The zero-order valence-electron chi connectivity index (χ0n) is 19.8. The third-order valence-electron chi connectivity index (χ3n) is 6.48. The fourth-order valence-corrected chi connectivity index (χ4v) is 8.57. The van der Waals surface area contributed by atoms with Gasteiger partial charge >= 0.3 is 0 Å². The summed E-state index contributed by atoms with van der Waals surface area (Å²) in [4.78, 5) is 20.4. The van der Waals surface area contributed by atoms with Crippen LogP contribution in [0.4, 0.5) is 5.13 Å². The minimum atomic E-state index is -3.60. The maximum Gasteiger partial charge on any atom is 0.252 e. The minimum Gasteiger partial charge on any atom is -0.283 e. The summed E-state index contributed by atoms with van der Waals surface area (Å²) in [5.41, 5.74) is 3.14. The molecule has 1 aliphatic rings. The van der Waals surface area contributed by atoms with Crippen LogP contribution in [-0.2, 0) is 27.8 Å².